The molecule has 196 valence electrons. The first-order chi connectivity index (χ1) is 16.1. The molecule has 0 heterocycles. The van der Waals surface area contributed by atoms with Crippen LogP contribution in [0.1, 0.15) is 99.3 Å². The Labute approximate surface area is 213 Å². The largest absolute Gasteiger partial charge is 0.394 e. The van der Waals surface area contributed by atoms with Gasteiger partial charge in [-0.25, -0.2) is 0 Å². The number of rotatable bonds is 8. The standard InChI is InChI=1S/C29H50O4S/c1-7-24(31-8-2)33-23-11-12-29-17-28(29)14-13-27(6)20(15-21(25(27)34)32-18(3)16-30)19(28)9-10-22(29)26(23,4)5/h18-25,30,34H,7-17H2,1-6H3/t18?,19?,20?,21?,22?,23-,24?,25?,27?,28?,29?/m0/s1. The molecule has 0 aromatic carbocycles. The zero-order valence-corrected chi connectivity index (χ0v) is 23.4. The van der Waals surface area contributed by atoms with Crippen LogP contribution >= 0.6 is 12.6 Å². The minimum absolute atomic E-state index is 0.0627. The summed E-state index contributed by atoms with van der Waals surface area (Å²) in [6.07, 6.45) is 11.7. The van der Waals surface area contributed by atoms with Crippen molar-refractivity contribution in [3.63, 3.8) is 0 Å². The van der Waals surface area contributed by atoms with Crippen LogP contribution < -0.4 is 0 Å². The summed E-state index contributed by atoms with van der Waals surface area (Å²) in [4.78, 5) is 0. The summed E-state index contributed by atoms with van der Waals surface area (Å²) in [5.74, 6) is 2.28. The van der Waals surface area contributed by atoms with Crippen LogP contribution in [0.25, 0.3) is 0 Å². The van der Waals surface area contributed by atoms with Crippen LogP contribution in [0.15, 0.2) is 0 Å². The summed E-state index contributed by atoms with van der Waals surface area (Å²) in [6.45, 7) is 14.6. The molecule has 0 bridgehead atoms. The zero-order chi connectivity index (χ0) is 24.5. The smallest absolute Gasteiger partial charge is 0.157 e. The van der Waals surface area contributed by atoms with E-state index in [-0.39, 0.29) is 41.2 Å². The third-order valence-electron chi connectivity index (χ3n) is 11.8. The second-order valence-electron chi connectivity index (χ2n) is 13.5. The van der Waals surface area contributed by atoms with Crippen LogP contribution in [0.2, 0.25) is 0 Å². The van der Waals surface area contributed by atoms with Gasteiger partial charge in [-0.05, 0) is 111 Å². The van der Waals surface area contributed by atoms with Crippen LogP contribution in [-0.2, 0) is 14.2 Å². The Hall–Kier alpha value is 0.190. The Morgan fingerprint density at radius 2 is 1.74 bits per heavy atom. The summed E-state index contributed by atoms with van der Waals surface area (Å²) in [7, 11) is 0. The van der Waals surface area contributed by atoms with E-state index in [1.165, 1.54) is 44.9 Å². The van der Waals surface area contributed by atoms with Crippen LogP contribution in [0.4, 0.5) is 0 Å². The first-order valence-corrected chi connectivity index (χ1v) is 14.8. The van der Waals surface area contributed by atoms with Crippen molar-refractivity contribution in [2.75, 3.05) is 13.2 Å². The van der Waals surface area contributed by atoms with Crippen LogP contribution in [0.3, 0.4) is 0 Å². The van der Waals surface area contributed by atoms with Gasteiger partial charge in [-0.1, -0.05) is 27.7 Å². The Balaban J connectivity index is 1.36. The van der Waals surface area contributed by atoms with E-state index in [1.54, 1.807) is 0 Å². The van der Waals surface area contributed by atoms with E-state index < -0.39 is 0 Å². The van der Waals surface area contributed by atoms with E-state index in [2.05, 4.69) is 34.6 Å². The van der Waals surface area contributed by atoms with Crippen molar-refractivity contribution in [2.45, 2.75) is 129 Å². The molecule has 5 rings (SSSR count). The van der Waals surface area contributed by atoms with Gasteiger partial charge >= 0.3 is 0 Å². The molecule has 5 aliphatic carbocycles. The fourth-order valence-electron chi connectivity index (χ4n) is 10.2. The number of aliphatic hydroxyl groups excluding tert-OH is 1. The Morgan fingerprint density at radius 3 is 2.41 bits per heavy atom. The molecule has 0 amide bonds. The molecule has 5 saturated carbocycles. The molecule has 0 aromatic heterocycles. The summed E-state index contributed by atoms with van der Waals surface area (Å²) < 4.78 is 18.9. The second-order valence-corrected chi connectivity index (χ2v) is 14.0. The highest BCUT2D eigenvalue weighted by atomic mass is 32.1. The van der Waals surface area contributed by atoms with E-state index in [0.717, 1.165) is 31.3 Å². The van der Waals surface area contributed by atoms with Crippen molar-refractivity contribution in [2.24, 2.45) is 39.4 Å². The summed E-state index contributed by atoms with van der Waals surface area (Å²) in [5.41, 5.74) is 1.52. The SMILES string of the molecule is CCOC(CC)O[C@H]1CCC23CC24CCC2(C)C(S)C(OC(C)CO)CC2C4CCC3C1(C)C. The third kappa shape index (κ3) is 3.53. The highest BCUT2D eigenvalue weighted by Gasteiger charge is 2.80. The van der Waals surface area contributed by atoms with Gasteiger partial charge in [0.05, 0.1) is 24.9 Å². The van der Waals surface area contributed by atoms with E-state index in [1.807, 2.05) is 6.92 Å². The molecule has 0 radical (unpaired) electrons. The molecule has 34 heavy (non-hydrogen) atoms. The molecule has 5 heteroatoms. The maximum absolute atomic E-state index is 9.57. The molecule has 5 aliphatic rings. The predicted octanol–water partition coefficient (Wildman–Crippen LogP) is 6.25. The number of hydrogen-bond donors (Lipinski definition) is 2. The van der Waals surface area contributed by atoms with Crippen molar-refractivity contribution in [3.8, 4) is 0 Å². The molecule has 0 saturated heterocycles. The van der Waals surface area contributed by atoms with Crippen molar-refractivity contribution >= 4 is 12.6 Å². The number of ether oxygens (including phenoxy) is 3. The summed E-state index contributed by atoms with van der Waals surface area (Å²) >= 11 is 5.16. The average molecular weight is 495 g/mol. The predicted molar refractivity (Wildman–Crippen MR) is 139 cm³/mol. The molecule has 4 nitrogen and oxygen atoms in total. The number of thiol groups is 1. The Morgan fingerprint density at radius 1 is 0.971 bits per heavy atom. The topological polar surface area (TPSA) is 47.9 Å². The average Bonchev–Trinajstić information content (AvgIpc) is 3.41. The molecule has 11 atom stereocenters. The maximum Gasteiger partial charge on any atom is 0.157 e. The second kappa shape index (κ2) is 8.89. The quantitative estimate of drug-likeness (QED) is 0.309. The lowest BCUT2D eigenvalue weighted by molar-refractivity contribution is -0.226. The lowest BCUT2D eigenvalue weighted by Gasteiger charge is -2.59. The lowest BCUT2D eigenvalue weighted by atomic mass is 9.47. The normalized spacial score (nSPS) is 50.5. The van der Waals surface area contributed by atoms with E-state index in [9.17, 15) is 5.11 Å². The van der Waals surface area contributed by atoms with Gasteiger partial charge in [-0.3, -0.25) is 0 Å². The molecule has 0 aliphatic heterocycles. The van der Waals surface area contributed by atoms with Gasteiger partial charge in [0.2, 0.25) is 0 Å². The van der Waals surface area contributed by atoms with Crippen molar-refractivity contribution < 1.29 is 19.3 Å². The molecule has 0 aromatic rings. The number of fused-ring (bicyclic) bond motifs is 2. The third-order valence-corrected chi connectivity index (χ3v) is 12.8. The summed E-state index contributed by atoms with van der Waals surface area (Å²) in [6, 6.07) is 0. The zero-order valence-electron chi connectivity index (χ0n) is 22.5. The Bertz CT molecular complexity index is 758. The summed E-state index contributed by atoms with van der Waals surface area (Å²) in [5, 5.41) is 9.85. The van der Waals surface area contributed by atoms with Crippen LogP contribution in [-0.4, -0.2) is 48.2 Å². The number of hydrogen-bond acceptors (Lipinski definition) is 5. The molecule has 2 spiro atoms. The highest BCUT2D eigenvalue weighted by Crippen LogP contribution is 2.86. The van der Waals surface area contributed by atoms with Gasteiger partial charge in [0.1, 0.15) is 0 Å². The van der Waals surface area contributed by atoms with Gasteiger partial charge < -0.3 is 19.3 Å². The lowest BCUT2D eigenvalue weighted by Crippen LogP contribution is -2.55. The van der Waals surface area contributed by atoms with Gasteiger partial charge in [0, 0.05) is 11.9 Å². The van der Waals surface area contributed by atoms with Crippen molar-refractivity contribution in [1.82, 2.24) is 0 Å². The van der Waals surface area contributed by atoms with E-state index in [0.29, 0.717) is 22.9 Å². The van der Waals surface area contributed by atoms with Gasteiger partial charge in [-0.2, -0.15) is 12.6 Å². The highest BCUT2D eigenvalue weighted by molar-refractivity contribution is 7.81. The first kappa shape index (κ1) is 25.8. The molecular formula is C29H50O4S. The van der Waals surface area contributed by atoms with Crippen molar-refractivity contribution in [3.05, 3.63) is 0 Å². The number of aliphatic hydroxyl groups is 1. The van der Waals surface area contributed by atoms with Crippen LogP contribution in [0.5, 0.6) is 0 Å². The fourth-order valence-corrected chi connectivity index (χ4v) is 10.7. The van der Waals surface area contributed by atoms with Crippen molar-refractivity contribution in [1.29, 1.82) is 0 Å². The maximum atomic E-state index is 9.57. The molecule has 5 fully saturated rings. The van der Waals surface area contributed by atoms with E-state index >= 15 is 0 Å². The van der Waals surface area contributed by atoms with Crippen LogP contribution in [0, 0.1) is 39.4 Å². The van der Waals surface area contributed by atoms with Gasteiger partial charge in [-0.15, -0.1) is 0 Å². The Kier molecular flexibility index (Phi) is 6.75. The molecular weight excluding hydrogens is 444 g/mol. The van der Waals surface area contributed by atoms with Gasteiger partial charge in [0.15, 0.2) is 6.29 Å². The van der Waals surface area contributed by atoms with E-state index in [4.69, 9.17) is 26.8 Å². The minimum atomic E-state index is -0.0971. The van der Waals surface area contributed by atoms with Gasteiger partial charge in [0.25, 0.3) is 0 Å². The fraction of sp³-hybridized carbons (Fsp3) is 1.00. The first-order valence-electron chi connectivity index (χ1n) is 14.3. The molecule has 10 unspecified atom stereocenters. The monoisotopic (exact) mass is 494 g/mol. The molecule has 1 N–H and O–H groups in total. The minimum Gasteiger partial charge on any atom is -0.394 e.